The summed E-state index contributed by atoms with van der Waals surface area (Å²) >= 11 is 5.87. The van der Waals surface area contributed by atoms with E-state index in [0.29, 0.717) is 12.4 Å². The van der Waals surface area contributed by atoms with Gasteiger partial charge in [-0.25, -0.2) is 4.98 Å². The largest absolute Gasteiger partial charge is 0.417 e. The van der Waals surface area contributed by atoms with Crippen molar-refractivity contribution >= 4 is 17.4 Å². The fourth-order valence-corrected chi connectivity index (χ4v) is 2.57. The zero-order chi connectivity index (χ0) is 15.0. The second-order valence-electron chi connectivity index (χ2n) is 5.38. The van der Waals surface area contributed by atoms with Crippen molar-refractivity contribution in [3.05, 3.63) is 22.8 Å². The molecule has 0 unspecified atom stereocenters. The van der Waals surface area contributed by atoms with E-state index in [2.05, 4.69) is 15.2 Å². The molecular weight excluding hydrogens is 291 g/mol. The molecule has 2 rings (SSSR count). The first-order valence-corrected chi connectivity index (χ1v) is 6.76. The molecule has 0 amide bonds. The Labute approximate surface area is 121 Å². The highest BCUT2D eigenvalue weighted by Gasteiger charge is 2.39. The highest BCUT2D eigenvalue weighted by Crippen LogP contribution is 2.37. The third-order valence-electron chi connectivity index (χ3n) is 3.99. The molecule has 1 fully saturated rings. The van der Waals surface area contributed by atoms with Crippen molar-refractivity contribution in [1.29, 1.82) is 0 Å². The number of pyridine rings is 1. The third kappa shape index (κ3) is 3.01. The van der Waals surface area contributed by atoms with Crippen LogP contribution in [0.25, 0.3) is 0 Å². The highest BCUT2D eigenvalue weighted by atomic mass is 35.5. The number of hydrogen-bond donors (Lipinski definition) is 1. The molecule has 0 saturated heterocycles. The number of nitrogens with one attached hydrogen (secondary N) is 1. The van der Waals surface area contributed by atoms with Gasteiger partial charge < -0.3 is 10.2 Å². The predicted molar refractivity (Wildman–Crippen MR) is 73.0 cm³/mol. The molecule has 7 heteroatoms. The lowest BCUT2D eigenvalue weighted by molar-refractivity contribution is -0.137. The Hall–Kier alpha value is -1.01. The molecule has 1 heterocycles. The minimum absolute atomic E-state index is 0.00643. The summed E-state index contributed by atoms with van der Waals surface area (Å²) in [6.07, 6.45) is -0.337. The minimum Gasteiger partial charge on any atom is -0.367 e. The van der Waals surface area contributed by atoms with E-state index in [1.807, 2.05) is 14.1 Å². The molecule has 0 aliphatic heterocycles. The number of alkyl halides is 3. The summed E-state index contributed by atoms with van der Waals surface area (Å²) in [6, 6.07) is 0.903. The average molecular weight is 308 g/mol. The number of rotatable bonds is 4. The molecule has 0 bridgehead atoms. The Morgan fingerprint density at radius 3 is 2.45 bits per heavy atom. The molecule has 1 aromatic rings. The molecule has 1 aromatic heterocycles. The van der Waals surface area contributed by atoms with Crippen LogP contribution in [0.2, 0.25) is 5.02 Å². The zero-order valence-electron chi connectivity index (χ0n) is 11.4. The lowest BCUT2D eigenvalue weighted by Crippen LogP contribution is -2.54. The van der Waals surface area contributed by atoms with Crippen LogP contribution in [0.5, 0.6) is 0 Å². The second-order valence-corrected chi connectivity index (χ2v) is 5.79. The molecule has 3 nitrogen and oxygen atoms in total. The van der Waals surface area contributed by atoms with E-state index in [1.54, 1.807) is 0 Å². The summed E-state index contributed by atoms with van der Waals surface area (Å²) in [5.74, 6) is 0.299. The van der Waals surface area contributed by atoms with Gasteiger partial charge in [-0.15, -0.1) is 0 Å². The van der Waals surface area contributed by atoms with E-state index in [4.69, 9.17) is 11.6 Å². The van der Waals surface area contributed by atoms with Gasteiger partial charge in [0.05, 0.1) is 10.6 Å². The number of nitrogens with zero attached hydrogens (tertiary/aromatic N) is 2. The first-order valence-electron chi connectivity index (χ1n) is 6.39. The van der Waals surface area contributed by atoms with Crippen LogP contribution in [0.4, 0.5) is 19.0 Å². The summed E-state index contributed by atoms with van der Waals surface area (Å²) in [5.41, 5.74) is -0.785. The second kappa shape index (κ2) is 5.41. The van der Waals surface area contributed by atoms with E-state index in [1.165, 1.54) is 0 Å². The number of halogens is 4. The van der Waals surface area contributed by atoms with E-state index >= 15 is 0 Å². The molecule has 0 spiro atoms. The minimum atomic E-state index is -4.42. The molecule has 0 aromatic carbocycles. The third-order valence-corrected chi connectivity index (χ3v) is 4.27. The summed E-state index contributed by atoms with van der Waals surface area (Å²) in [7, 11) is 4.01. The van der Waals surface area contributed by atoms with Crippen LogP contribution in [0, 0.1) is 0 Å². The number of likely N-dealkylation sites (N-methyl/N-ethyl adjacent to an activating group) is 1. The van der Waals surface area contributed by atoms with Gasteiger partial charge in [-0.1, -0.05) is 11.6 Å². The first-order chi connectivity index (χ1) is 9.24. The maximum Gasteiger partial charge on any atom is 0.417 e. The van der Waals surface area contributed by atoms with Crippen LogP contribution < -0.4 is 5.32 Å². The van der Waals surface area contributed by atoms with E-state index in [0.717, 1.165) is 31.5 Å². The smallest absolute Gasteiger partial charge is 0.367 e. The van der Waals surface area contributed by atoms with Crippen LogP contribution >= 0.6 is 11.6 Å². The molecular formula is C13H17ClF3N3. The van der Waals surface area contributed by atoms with Gasteiger partial charge in [0.2, 0.25) is 0 Å². The monoisotopic (exact) mass is 307 g/mol. The maximum atomic E-state index is 12.5. The Morgan fingerprint density at radius 2 is 2.05 bits per heavy atom. The van der Waals surface area contributed by atoms with Crippen LogP contribution in [-0.4, -0.2) is 36.1 Å². The average Bonchev–Trinajstić information content (AvgIpc) is 2.27. The number of aromatic nitrogens is 1. The molecule has 1 aliphatic rings. The van der Waals surface area contributed by atoms with Crippen molar-refractivity contribution in [2.24, 2.45) is 0 Å². The normalized spacial score (nSPS) is 17.9. The van der Waals surface area contributed by atoms with Crippen molar-refractivity contribution in [2.45, 2.75) is 31.0 Å². The summed E-state index contributed by atoms with van der Waals surface area (Å²) in [4.78, 5) is 5.92. The van der Waals surface area contributed by atoms with Crippen LogP contribution in [0.15, 0.2) is 12.3 Å². The Kier molecular flexibility index (Phi) is 4.16. The molecule has 1 saturated carbocycles. The lowest BCUT2D eigenvalue weighted by Gasteiger charge is -2.47. The Morgan fingerprint density at radius 1 is 1.40 bits per heavy atom. The van der Waals surface area contributed by atoms with Crippen molar-refractivity contribution in [1.82, 2.24) is 9.88 Å². The molecule has 0 atom stereocenters. The van der Waals surface area contributed by atoms with Gasteiger partial charge in [0, 0.05) is 18.3 Å². The molecule has 1 N–H and O–H groups in total. The zero-order valence-corrected chi connectivity index (χ0v) is 12.1. The summed E-state index contributed by atoms with van der Waals surface area (Å²) < 4.78 is 37.6. The topological polar surface area (TPSA) is 28.2 Å². The first kappa shape index (κ1) is 15.4. The predicted octanol–water partition coefficient (Wildman–Crippen LogP) is 3.65. The van der Waals surface area contributed by atoms with Crippen molar-refractivity contribution < 1.29 is 13.2 Å². The lowest BCUT2D eigenvalue weighted by atomic mass is 9.75. The summed E-state index contributed by atoms with van der Waals surface area (Å²) in [5, 5.41) is 3.06. The van der Waals surface area contributed by atoms with Crippen LogP contribution in [0.1, 0.15) is 24.8 Å². The fourth-order valence-electron chi connectivity index (χ4n) is 2.34. The Bertz CT molecular complexity index is 484. The molecule has 0 radical (unpaired) electrons. The molecule has 1 aliphatic carbocycles. The van der Waals surface area contributed by atoms with Gasteiger partial charge in [-0.3, -0.25) is 0 Å². The number of hydrogen-bond acceptors (Lipinski definition) is 3. The van der Waals surface area contributed by atoms with Crippen molar-refractivity contribution in [2.75, 3.05) is 26.0 Å². The Balaban J connectivity index is 2.07. The highest BCUT2D eigenvalue weighted by molar-refractivity contribution is 6.32. The van der Waals surface area contributed by atoms with E-state index in [-0.39, 0.29) is 10.6 Å². The van der Waals surface area contributed by atoms with Gasteiger partial charge in [0.25, 0.3) is 0 Å². The van der Waals surface area contributed by atoms with E-state index < -0.39 is 11.7 Å². The van der Waals surface area contributed by atoms with Gasteiger partial charge in [-0.2, -0.15) is 13.2 Å². The SMILES string of the molecule is CN(C)C1(CNc2ncc(C(F)(F)F)cc2Cl)CCC1. The van der Waals surface area contributed by atoms with Crippen molar-refractivity contribution in [3.63, 3.8) is 0 Å². The van der Waals surface area contributed by atoms with Gasteiger partial charge in [0.1, 0.15) is 5.82 Å². The van der Waals surface area contributed by atoms with Gasteiger partial charge in [-0.05, 0) is 39.4 Å². The maximum absolute atomic E-state index is 12.5. The van der Waals surface area contributed by atoms with Crippen molar-refractivity contribution in [3.8, 4) is 0 Å². The van der Waals surface area contributed by atoms with Crippen LogP contribution in [-0.2, 0) is 6.18 Å². The van der Waals surface area contributed by atoms with E-state index in [9.17, 15) is 13.2 Å². The standard InChI is InChI=1S/C13H17ClF3N3/c1-20(2)12(4-3-5-12)8-19-11-10(14)6-9(7-18-11)13(15,16)17/h6-7H,3-5,8H2,1-2H3,(H,18,19). The van der Waals surface area contributed by atoms with Gasteiger partial charge >= 0.3 is 6.18 Å². The quantitative estimate of drug-likeness (QED) is 0.920. The molecule has 112 valence electrons. The van der Waals surface area contributed by atoms with Crippen LogP contribution in [0.3, 0.4) is 0 Å². The number of anilines is 1. The fraction of sp³-hybridized carbons (Fsp3) is 0.615. The molecule has 20 heavy (non-hydrogen) atoms. The summed E-state index contributed by atoms with van der Waals surface area (Å²) in [6.45, 7) is 0.623. The van der Waals surface area contributed by atoms with Gasteiger partial charge in [0.15, 0.2) is 0 Å².